The molecule has 2 aromatic carbocycles. The van der Waals surface area contributed by atoms with Crippen LogP contribution in [-0.4, -0.2) is 31.2 Å². The van der Waals surface area contributed by atoms with E-state index >= 15 is 0 Å². The lowest BCUT2D eigenvalue weighted by Gasteiger charge is -2.16. The van der Waals surface area contributed by atoms with Crippen LogP contribution in [0.3, 0.4) is 0 Å². The molecule has 1 atom stereocenters. The summed E-state index contributed by atoms with van der Waals surface area (Å²) in [4.78, 5) is 23.8. The fourth-order valence-electron chi connectivity index (χ4n) is 2.87. The van der Waals surface area contributed by atoms with Crippen LogP contribution in [-0.2, 0) is 16.0 Å². The number of ether oxygens (including phenoxy) is 2. The summed E-state index contributed by atoms with van der Waals surface area (Å²) in [5.41, 5.74) is 1.58. The van der Waals surface area contributed by atoms with Crippen molar-refractivity contribution in [2.75, 3.05) is 14.2 Å². The van der Waals surface area contributed by atoms with E-state index in [0.717, 1.165) is 5.56 Å². The number of carbonyl (C=O) groups excluding carboxylic acids is 1. The Kier molecular flexibility index (Phi) is 7.37. The first-order valence-corrected chi connectivity index (χ1v) is 8.84. The van der Waals surface area contributed by atoms with Gasteiger partial charge in [0.15, 0.2) is 6.04 Å². The Morgan fingerprint density at radius 2 is 1.89 bits per heavy atom. The number of nitrogens with one attached hydrogen (secondary N) is 1. The van der Waals surface area contributed by atoms with Gasteiger partial charge in [-0.1, -0.05) is 18.2 Å². The zero-order chi connectivity index (χ0) is 20.7. The average molecular weight is 389 g/mol. The van der Waals surface area contributed by atoms with Crippen LogP contribution >= 0.6 is 0 Å². The minimum atomic E-state index is -1.22. The van der Waals surface area contributed by atoms with Gasteiger partial charge in [0.25, 0.3) is 0 Å². The maximum absolute atomic E-state index is 13.4. The van der Waals surface area contributed by atoms with E-state index in [4.69, 9.17) is 9.47 Å². The number of hydrogen-bond acceptors (Lipinski definition) is 4. The van der Waals surface area contributed by atoms with Crippen molar-refractivity contribution in [2.24, 2.45) is 0 Å². The van der Waals surface area contributed by atoms with Crippen LogP contribution in [0.5, 0.6) is 11.5 Å². The number of carbonyl (C=O) groups is 2. The number of rotatable bonds is 9. The molecule has 0 heterocycles. The molecular weight excluding hydrogens is 365 g/mol. The minimum absolute atomic E-state index is 0.152. The van der Waals surface area contributed by atoms with Crippen LogP contribution in [0.1, 0.15) is 35.6 Å². The first kappa shape index (κ1) is 21.2. The smallest absolute Gasteiger partial charge is 0.330 e. The van der Waals surface area contributed by atoms with E-state index in [1.165, 1.54) is 18.2 Å². The highest BCUT2D eigenvalue weighted by Gasteiger charge is 2.22. The molecule has 0 aliphatic carbocycles. The van der Waals surface area contributed by atoms with Gasteiger partial charge in [-0.05, 0) is 48.6 Å². The van der Waals surface area contributed by atoms with E-state index in [0.29, 0.717) is 35.5 Å². The van der Waals surface area contributed by atoms with Crippen molar-refractivity contribution in [1.82, 2.24) is 5.32 Å². The summed E-state index contributed by atoms with van der Waals surface area (Å²) in [5, 5.41) is 11.9. The fraction of sp³-hybridized carbons (Fsp3) is 0.333. The van der Waals surface area contributed by atoms with Crippen molar-refractivity contribution in [3.8, 4) is 11.5 Å². The molecule has 0 aliphatic rings. The van der Waals surface area contributed by atoms with E-state index in [-0.39, 0.29) is 12.3 Å². The van der Waals surface area contributed by atoms with E-state index in [2.05, 4.69) is 5.32 Å². The summed E-state index contributed by atoms with van der Waals surface area (Å²) in [5.74, 6) is -0.659. The molecule has 7 heteroatoms. The van der Waals surface area contributed by atoms with Crippen molar-refractivity contribution in [3.63, 3.8) is 0 Å². The van der Waals surface area contributed by atoms with Crippen molar-refractivity contribution >= 4 is 11.9 Å². The quantitative estimate of drug-likeness (QED) is 0.687. The average Bonchev–Trinajstić information content (AvgIpc) is 2.68. The molecule has 2 rings (SSSR count). The standard InChI is InChI=1S/C21H24FNO5/c1-13-11-15(8-10-17(13)22)20(21(25)26)23-19(24)6-4-5-14-7-9-16(27-2)12-18(14)28-3/h7-12,20H,4-6H2,1-3H3,(H,23,24)(H,25,26). The van der Waals surface area contributed by atoms with Gasteiger partial charge in [-0.25, -0.2) is 9.18 Å². The summed E-state index contributed by atoms with van der Waals surface area (Å²) in [6.07, 6.45) is 1.26. The molecule has 2 aromatic rings. The number of aliphatic carboxylic acids is 1. The van der Waals surface area contributed by atoms with Gasteiger partial charge in [0.05, 0.1) is 14.2 Å². The molecule has 0 aliphatic heterocycles. The number of carboxylic acid groups (broad SMARTS) is 1. The lowest BCUT2D eigenvalue weighted by atomic mass is 10.0. The molecular formula is C21H24FNO5. The van der Waals surface area contributed by atoms with Crippen LogP contribution in [0, 0.1) is 12.7 Å². The Labute approximate surface area is 163 Å². The topological polar surface area (TPSA) is 84.9 Å². The number of carboxylic acids is 1. The van der Waals surface area contributed by atoms with Crippen LogP contribution < -0.4 is 14.8 Å². The maximum Gasteiger partial charge on any atom is 0.330 e. The molecule has 0 fully saturated rings. The van der Waals surface area contributed by atoms with Gasteiger partial charge in [0.1, 0.15) is 17.3 Å². The number of aryl methyl sites for hydroxylation is 2. The van der Waals surface area contributed by atoms with E-state index < -0.39 is 17.8 Å². The second kappa shape index (κ2) is 9.73. The third kappa shape index (κ3) is 5.45. The summed E-state index contributed by atoms with van der Waals surface area (Å²) in [7, 11) is 3.13. The lowest BCUT2D eigenvalue weighted by Crippen LogP contribution is -2.33. The molecule has 6 nitrogen and oxygen atoms in total. The van der Waals surface area contributed by atoms with Crippen molar-refractivity contribution in [1.29, 1.82) is 0 Å². The Morgan fingerprint density at radius 1 is 1.14 bits per heavy atom. The molecule has 150 valence electrons. The highest BCUT2D eigenvalue weighted by molar-refractivity contribution is 5.84. The van der Waals surface area contributed by atoms with Gasteiger partial charge in [0.2, 0.25) is 5.91 Å². The predicted molar refractivity (Wildman–Crippen MR) is 102 cm³/mol. The number of halogens is 1. The number of amides is 1. The molecule has 0 aromatic heterocycles. The molecule has 1 unspecified atom stereocenters. The summed E-state index contributed by atoms with van der Waals surface area (Å²) in [6.45, 7) is 1.54. The maximum atomic E-state index is 13.4. The second-order valence-electron chi connectivity index (χ2n) is 6.38. The van der Waals surface area contributed by atoms with E-state index in [1.807, 2.05) is 12.1 Å². The van der Waals surface area contributed by atoms with Gasteiger partial charge in [-0.3, -0.25) is 4.79 Å². The highest BCUT2D eigenvalue weighted by Crippen LogP contribution is 2.26. The molecule has 0 bridgehead atoms. The predicted octanol–water partition coefficient (Wildman–Crippen LogP) is 3.42. The summed E-state index contributed by atoms with van der Waals surface area (Å²) in [6, 6.07) is 8.23. The van der Waals surface area contributed by atoms with Crippen LogP contribution in [0.15, 0.2) is 36.4 Å². The van der Waals surface area contributed by atoms with Crippen molar-refractivity contribution < 1.29 is 28.6 Å². The highest BCUT2D eigenvalue weighted by atomic mass is 19.1. The molecule has 0 saturated heterocycles. The Hall–Kier alpha value is -3.09. The zero-order valence-corrected chi connectivity index (χ0v) is 16.1. The second-order valence-corrected chi connectivity index (χ2v) is 6.38. The largest absolute Gasteiger partial charge is 0.497 e. The molecule has 0 radical (unpaired) electrons. The third-order valence-corrected chi connectivity index (χ3v) is 4.41. The van der Waals surface area contributed by atoms with Gasteiger partial charge in [-0.15, -0.1) is 0 Å². The normalized spacial score (nSPS) is 11.6. The van der Waals surface area contributed by atoms with Crippen molar-refractivity contribution in [3.05, 3.63) is 58.9 Å². The van der Waals surface area contributed by atoms with E-state index in [1.54, 1.807) is 27.2 Å². The third-order valence-electron chi connectivity index (χ3n) is 4.41. The number of methoxy groups -OCH3 is 2. The number of benzene rings is 2. The van der Waals surface area contributed by atoms with Gasteiger partial charge >= 0.3 is 5.97 Å². The van der Waals surface area contributed by atoms with Gasteiger partial charge in [-0.2, -0.15) is 0 Å². The van der Waals surface area contributed by atoms with Gasteiger partial charge in [0, 0.05) is 12.5 Å². The zero-order valence-electron chi connectivity index (χ0n) is 16.1. The molecule has 1 amide bonds. The first-order chi connectivity index (χ1) is 13.3. The summed E-state index contributed by atoms with van der Waals surface area (Å²) >= 11 is 0. The fourth-order valence-corrected chi connectivity index (χ4v) is 2.87. The Balaban J connectivity index is 1.96. The molecule has 2 N–H and O–H groups in total. The monoisotopic (exact) mass is 389 g/mol. The molecule has 28 heavy (non-hydrogen) atoms. The van der Waals surface area contributed by atoms with E-state index in [9.17, 15) is 19.1 Å². The van der Waals surface area contributed by atoms with Crippen molar-refractivity contribution in [2.45, 2.75) is 32.2 Å². The summed E-state index contributed by atoms with van der Waals surface area (Å²) < 4.78 is 23.9. The molecule has 0 spiro atoms. The SMILES string of the molecule is COc1ccc(CCCC(=O)NC(C(=O)O)c2ccc(F)c(C)c2)c(OC)c1. The number of hydrogen-bond donors (Lipinski definition) is 2. The van der Waals surface area contributed by atoms with Crippen LogP contribution in [0.4, 0.5) is 4.39 Å². The lowest BCUT2D eigenvalue weighted by molar-refractivity contribution is -0.142. The Morgan fingerprint density at radius 3 is 2.50 bits per heavy atom. The first-order valence-electron chi connectivity index (χ1n) is 8.84. The van der Waals surface area contributed by atoms with Crippen LogP contribution in [0.25, 0.3) is 0 Å². The van der Waals surface area contributed by atoms with Gasteiger partial charge < -0.3 is 19.9 Å². The Bertz CT molecular complexity index is 853. The van der Waals surface area contributed by atoms with Crippen LogP contribution in [0.2, 0.25) is 0 Å². The minimum Gasteiger partial charge on any atom is -0.497 e. The molecule has 0 saturated carbocycles.